The van der Waals surface area contributed by atoms with Crippen molar-refractivity contribution in [3.63, 3.8) is 0 Å². The van der Waals surface area contributed by atoms with E-state index in [4.69, 9.17) is 27.9 Å². The molecule has 1 heterocycles. The Bertz CT molecular complexity index is 630. The van der Waals surface area contributed by atoms with Crippen LogP contribution in [0.5, 0.6) is 10.9 Å². The molecule has 0 saturated carbocycles. The number of ether oxygens (including phenoxy) is 1. The molecule has 0 spiro atoms. The molecule has 1 aromatic heterocycles. The predicted molar refractivity (Wildman–Crippen MR) is 74.6 cm³/mol. The molecule has 0 saturated heterocycles. The fourth-order valence-electron chi connectivity index (χ4n) is 1.44. The van der Waals surface area contributed by atoms with Crippen molar-refractivity contribution in [2.75, 3.05) is 0 Å². The number of nitro groups is 1. The van der Waals surface area contributed by atoms with Crippen LogP contribution in [0.4, 0.5) is 5.69 Å². The van der Waals surface area contributed by atoms with Crippen molar-refractivity contribution >= 4 is 40.2 Å². The van der Waals surface area contributed by atoms with Gasteiger partial charge < -0.3 is 4.74 Å². The molecule has 0 bridgehead atoms. The first-order chi connectivity index (χ1) is 9.02. The van der Waals surface area contributed by atoms with E-state index in [1.165, 1.54) is 17.4 Å². The van der Waals surface area contributed by atoms with Gasteiger partial charge in [-0.3, -0.25) is 10.1 Å². The molecular formula is C11H8Cl2N2O3S. The lowest BCUT2D eigenvalue weighted by Crippen LogP contribution is -1.94. The number of nitrogens with zero attached hydrogens (tertiary/aromatic N) is 2. The number of hydrogen-bond acceptors (Lipinski definition) is 5. The number of nitro benzene ring substituents is 1. The van der Waals surface area contributed by atoms with Gasteiger partial charge in [-0.15, -0.1) is 11.6 Å². The number of benzene rings is 1. The van der Waals surface area contributed by atoms with Crippen LogP contribution in [0, 0.1) is 17.0 Å². The maximum absolute atomic E-state index is 10.8. The van der Waals surface area contributed by atoms with Crippen molar-refractivity contribution in [3.05, 3.63) is 43.9 Å². The lowest BCUT2D eigenvalue weighted by Gasteiger charge is -2.05. The van der Waals surface area contributed by atoms with Crippen LogP contribution in [-0.2, 0) is 5.88 Å². The van der Waals surface area contributed by atoms with E-state index in [0.717, 1.165) is 0 Å². The van der Waals surface area contributed by atoms with Crippen LogP contribution in [0.25, 0.3) is 0 Å². The lowest BCUT2D eigenvalue weighted by molar-refractivity contribution is -0.385. The summed E-state index contributed by atoms with van der Waals surface area (Å²) in [6, 6.07) is 4.61. The Morgan fingerprint density at radius 3 is 2.84 bits per heavy atom. The minimum Gasteiger partial charge on any atom is -0.430 e. The van der Waals surface area contributed by atoms with Crippen molar-refractivity contribution in [1.29, 1.82) is 0 Å². The summed E-state index contributed by atoms with van der Waals surface area (Å²) in [5.41, 5.74) is 0.434. The first-order valence-electron chi connectivity index (χ1n) is 5.16. The smallest absolute Gasteiger partial charge is 0.280 e. The topological polar surface area (TPSA) is 65.3 Å². The van der Waals surface area contributed by atoms with Crippen molar-refractivity contribution in [1.82, 2.24) is 4.98 Å². The minimum absolute atomic E-state index is 0.00211. The summed E-state index contributed by atoms with van der Waals surface area (Å²) in [6.07, 6.45) is 0. The van der Waals surface area contributed by atoms with Gasteiger partial charge in [0, 0.05) is 6.07 Å². The van der Waals surface area contributed by atoms with Crippen molar-refractivity contribution < 1.29 is 9.66 Å². The molecule has 1 aromatic carbocycles. The summed E-state index contributed by atoms with van der Waals surface area (Å²) >= 11 is 12.8. The Labute approximate surface area is 122 Å². The second kappa shape index (κ2) is 5.73. The largest absolute Gasteiger partial charge is 0.430 e. The van der Waals surface area contributed by atoms with Crippen molar-refractivity contribution in [2.45, 2.75) is 12.8 Å². The second-order valence-electron chi connectivity index (χ2n) is 3.59. The monoisotopic (exact) mass is 318 g/mol. The molecule has 8 heteroatoms. The molecule has 0 fully saturated rings. The van der Waals surface area contributed by atoms with E-state index in [2.05, 4.69) is 4.98 Å². The normalized spacial score (nSPS) is 10.5. The van der Waals surface area contributed by atoms with E-state index in [1.807, 2.05) is 0 Å². The maximum Gasteiger partial charge on any atom is 0.280 e. The molecule has 0 aliphatic rings. The lowest BCUT2D eigenvalue weighted by atomic mass is 10.2. The molecule has 0 amide bonds. The van der Waals surface area contributed by atoms with E-state index in [9.17, 15) is 10.1 Å². The molecule has 2 rings (SSSR count). The van der Waals surface area contributed by atoms with E-state index < -0.39 is 4.92 Å². The summed E-state index contributed by atoms with van der Waals surface area (Å²) < 4.78 is 5.52. The fraction of sp³-hybridized carbons (Fsp3) is 0.182. The van der Waals surface area contributed by atoms with Crippen LogP contribution in [0.2, 0.25) is 5.15 Å². The van der Waals surface area contributed by atoms with Crippen LogP contribution < -0.4 is 4.74 Å². The zero-order valence-corrected chi connectivity index (χ0v) is 12.1. The van der Waals surface area contributed by atoms with Crippen molar-refractivity contribution in [3.8, 4) is 10.9 Å². The van der Waals surface area contributed by atoms with E-state index in [1.54, 1.807) is 19.1 Å². The first kappa shape index (κ1) is 14.0. The molecule has 0 atom stereocenters. The third kappa shape index (κ3) is 2.97. The summed E-state index contributed by atoms with van der Waals surface area (Å²) in [5, 5.41) is 11.4. The molecular weight excluding hydrogens is 311 g/mol. The van der Waals surface area contributed by atoms with Crippen LogP contribution in [-0.4, -0.2) is 9.91 Å². The van der Waals surface area contributed by atoms with Gasteiger partial charge in [0.05, 0.1) is 21.2 Å². The van der Waals surface area contributed by atoms with Gasteiger partial charge in [-0.05, 0) is 13.0 Å². The highest BCUT2D eigenvalue weighted by molar-refractivity contribution is 7.14. The highest BCUT2D eigenvalue weighted by Crippen LogP contribution is 2.35. The standard InChI is InChI=1S/C11H8Cl2N2O3S/c1-6-7(15(16)17)3-2-4-8(6)18-11-14-10(13)9(5-12)19-11/h2-4H,5H2,1H3. The number of rotatable bonds is 4. The number of halogens is 2. The number of hydrogen-bond donors (Lipinski definition) is 0. The van der Waals surface area contributed by atoms with Crippen molar-refractivity contribution in [2.24, 2.45) is 0 Å². The van der Waals surface area contributed by atoms with E-state index in [-0.39, 0.29) is 16.7 Å². The molecule has 2 aromatic rings. The van der Waals surface area contributed by atoms with Crippen LogP contribution in [0.3, 0.4) is 0 Å². The summed E-state index contributed by atoms with van der Waals surface area (Å²) in [6.45, 7) is 1.62. The number of thiazole rings is 1. The molecule has 0 N–H and O–H groups in total. The zero-order chi connectivity index (χ0) is 14.0. The molecule has 5 nitrogen and oxygen atoms in total. The predicted octanol–water partition coefficient (Wildman–Crippen LogP) is 4.54. The van der Waals surface area contributed by atoms with Crippen LogP contribution in [0.15, 0.2) is 18.2 Å². The Hall–Kier alpha value is -1.37. The highest BCUT2D eigenvalue weighted by Gasteiger charge is 2.16. The summed E-state index contributed by atoms with van der Waals surface area (Å²) in [5.74, 6) is 0.620. The van der Waals surface area contributed by atoms with Gasteiger partial charge in [0.2, 0.25) is 0 Å². The van der Waals surface area contributed by atoms with Gasteiger partial charge in [0.25, 0.3) is 10.9 Å². The van der Waals surface area contributed by atoms with Gasteiger partial charge in [-0.2, -0.15) is 4.98 Å². The van der Waals surface area contributed by atoms with Gasteiger partial charge >= 0.3 is 0 Å². The maximum atomic E-state index is 10.8. The van der Waals surface area contributed by atoms with Crippen LogP contribution >= 0.6 is 34.5 Å². The van der Waals surface area contributed by atoms with Gasteiger partial charge in [0.1, 0.15) is 10.9 Å². The van der Waals surface area contributed by atoms with Crippen LogP contribution in [0.1, 0.15) is 10.4 Å². The Morgan fingerprint density at radius 1 is 1.53 bits per heavy atom. The average Bonchev–Trinajstić information content (AvgIpc) is 2.71. The Kier molecular flexibility index (Phi) is 4.24. The van der Waals surface area contributed by atoms with Gasteiger partial charge in [-0.25, -0.2) is 0 Å². The minimum atomic E-state index is -0.457. The first-order valence-corrected chi connectivity index (χ1v) is 6.89. The molecule has 0 radical (unpaired) electrons. The number of aromatic nitrogens is 1. The van der Waals surface area contributed by atoms with E-state index in [0.29, 0.717) is 21.4 Å². The molecule has 100 valence electrons. The fourth-order valence-corrected chi connectivity index (χ4v) is 2.78. The quantitative estimate of drug-likeness (QED) is 0.471. The summed E-state index contributed by atoms with van der Waals surface area (Å²) in [4.78, 5) is 15.1. The third-order valence-corrected chi connectivity index (χ3v) is 4.18. The molecule has 0 unspecified atom stereocenters. The average molecular weight is 319 g/mol. The SMILES string of the molecule is Cc1c(Oc2nc(Cl)c(CCl)s2)cccc1[N+](=O)[O-]. The third-order valence-electron chi connectivity index (χ3n) is 2.40. The Morgan fingerprint density at radius 2 is 2.26 bits per heavy atom. The zero-order valence-electron chi connectivity index (χ0n) is 9.72. The van der Waals surface area contributed by atoms with E-state index >= 15 is 0 Å². The Balaban J connectivity index is 2.33. The molecule has 0 aliphatic heterocycles. The van der Waals surface area contributed by atoms with Gasteiger partial charge in [-0.1, -0.05) is 29.0 Å². The number of alkyl halides is 1. The summed E-state index contributed by atoms with van der Waals surface area (Å²) in [7, 11) is 0. The van der Waals surface area contributed by atoms with Gasteiger partial charge in [0.15, 0.2) is 0 Å². The molecule has 0 aliphatic carbocycles. The highest BCUT2D eigenvalue weighted by atomic mass is 35.5. The second-order valence-corrected chi connectivity index (χ2v) is 5.26. The molecule has 19 heavy (non-hydrogen) atoms.